The largest absolute Gasteiger partial charge is 0.463 e. The highest BCUT2D eigenvalue weighted by atomic mass is 19.1. The summed E-state index contributed by atoms with van der Waals surface area (Å²) in [7, 11) is 0. The second-order valence-electron chi connectivity index (χ2n) is 10.5. The summed E-state index contributed by atoms with van der Waals surface area (Å²) < 4.78 is 37.2. The maximum absolute atomic E-state index is 14.9. The molecule has 4 atom stereocenters. The number of ketones is 1. The first-order valence-electron chi connectivity index (χ1n) is 14.9. The molecule has 1 aliphatic rings. The van der Waals surface area contributed by atoms with Crippen LogP contribution in [0.5, 0.6) is 0 Å². The topological polar surface area (TPSA) is 169 Å². The Morgan fingerprint density at radius 3 is 2.14 bits per heavy atom. The van der Waals surface area contributed by atoms with Gasteiger partial charge in [0.1, 0.15) is 12.7 Å². The minimum atomic E-state index is -2.74. The molecule has 0 unspecified atom stereocenters. The Morgan fingerprint density at radius 1 is 0.884 bits per heavy atom. The zero-order chi connectivity index (χ0) is 32.2. The van der Waals surface area contributed by atoms with Gasteiger partial charge in [0.25, 0.3) is 5.56 Å². The van der Waals surface area contributed by atoms with Crippen LogP contribution in [0, 0.1) is 5.82 Å². The van der Waals surface area contributed by atoms with Crippen molar-refractivity contribution in [3.05, 3.63) is 32.9 Å². The number of carbonyl (C=O) groups excluding carboxylic acids is 4. The molecule has 1 saturated heterocycles. The first-order chi connectivity index (χ1) is 20.5. The number of Topliss-reactive ketones (excluding diaryl/α,β-unsaturated/α-hetero) is 1. The number of aliphatic hydroxyl groups is 1. The van der Waals surface area contributed by atoms with E-state index < -0.39 is 78.1 Å². The first-order valence-corrected chi connectivity index (χ1v) is 14.9. The van der Waals surface area contributed by atoms with Crippen LogP contribution in [0.3, 0.4) is 0 Å². The van der Waals surface area contributed by atoms with Crippen molar-refractivity contribution in [2.45, 2.75) is 129 Å². The standard InChI is InChI=1S/C29H43FN2O11/c1-5-9-10-11-15-23(35)41-18-32-26(37)19(30)16-31(28(32)38)27-29(39,21(33)12-6-2)25(43-24(36)14-8-4)20(42-27)17-40-22(34)13-7-3/h16,20,25,27,39H,5-15,17-18H2,1-4H3/t20-,25-,27-,29-/m1/s1. The summed E-state index contributed by atoms with van der Waals surface area (Å²) in [6.07, 6.45) is -0.704. The number of hydrogen-bond acceptors (Lipinski definition) is 11. The third-order valence-corrected chi connectivity index (χ3v) is 6.95. The lowest BCUT2D eigenvalue weighted by Crippen LogP contribution is -2.57. The van der Waals surface area contributed by atoms with Crippen molar-refractivity contribution in [1.82, 2.24) is 9.13 Å². The summed E-state index contributed by atoms with van der Waals surface area (Å²) in [6, 6.07) is 0. The number of esters is 3. The Bertz CT molecular complexity index is 1240. The Hall–Kier alpha value is -3.39. The van der Waals surface area contributed by atoms with E-state index >= 15 is 0 Å². The van der Waals surface area contributed by atoms with Crippen molar-refractivity contribution < 1.29 is 47.6 Å². The number of rotatable bonds is 18. The lowest BCUT2D eigenvalue weighted by molar-refractivity contribution is -0.174. The van der Waals surface area contributed by atoms with Crippen LogP contribution in [0.2, 0.25) is 0 Å². The van der Waals surface area contributed by atoms with Crippen LogP contribution in [0.1, 0.15) is 105 Å². The van der Waals surface area contributed by atoms with Gasteiger partial charge in [-0.25, -0.2) is 9.36 Å². The van der Waals surface area contributed by atoms with E-state index in [1.807, 2.05) is 6.92 Å². The van der Waals surface area contributed by atoms with Gasteiger partial charge in [0.05, 0.1) is 6.20 Å². The van der Waals surface area contributed by atoms with E-state index in [4.69, 9.17) is 18.9 Å². The highest BCUT2D eigenvalue weighted by Crippen LogP contribution is 2.42. The van der Waals surface area contributed by atoms with Crippen molar-refractivity contribution in [3.8, 4) is 0 Å². The monoisotopic (exact) mass is 614 g/mol. The van der Waals surface area contributed by atoms with Gasteiger partial charge in [0, 0.05) is 25.7 Å². The third-order valence-electron chi connectivity index (χ3n) is 6.95. The summed E-state index contributed by atoms with van der Waals surface area (Å²) in [6.45, 7) is 5.62. The number of aromatic nitrogens is 2. The molecule has 14 heteroatoms. The molecule has 1 aromatic rings. The van der Waals surface area contributed by atoms with Gasteiger partial charge in [-0.2, -0.15) is 4.39 Å². The number of halogens is 1. The van der Waals surface area contributed by atoms with Crippen molar-refractivity contribution >= 4 is 23.7 Å². The molecule has 1 aliphatic heterocycles. The number of nitrogens with zero attached hydrogens (tertiary/aromatic N) is 2. The van der Waals surface area contributed by atoms with E-state index in [0.717, 1.165) is 19.3 Å². The molecule has 0 aliphatic carbocycles. The molecule has 43 heavy (non-hydrogen) atoms. The van der Waals surface area contributed by atoms with Crippen LogP contribution >= 0.6 is 0 Å². The lowest BCUT2D eigenvalue weighted by atomic mass is 9.87. The highest BCUT2D eigenvalue weighted by Gasteiger charge is 2.63. The quantitative estimate of drug-likeness (QED) is 0.147. The molecule has 2 rings (SSSR count). The molecule has 1 aromatic heterocycles. The SMILES string of the molecule is CCCCCCC(=O)OCn1c(=O)c(F)cn([C@@H]2O[C@H](COC(=O)CCC)[C@@H](OC(=O)CCC)[C@]2(O)C(=O)CCC)c1=O. The number of unbranched alkanes of at least 4 members (excludes halogenated alkanes) is 3. The van der Waals surface area contributed by atoms with E-state index in [-0.39, 0.29) is 32.1 Å². The molecular formula is C29H43FN2O11. The fourth-order valence-corrected chi connectivity index (χ4v) is 4.69. The second-order valence-corrected chi connectivity index (χ2v) is 10.5. The number of hydrogen-bond donors (Lipinski definition) is 1. The first kappa shape index (κ1) is 35.8. The van der Waals surface area contributed by atoms with E-state index in [1.165, 1.54) is 0 Å². The predicted octanol–water partition coefficient (Wildman–Crippen LogP) is 2.67. The maximum atomic E-state index is 14.9. The van der Waals surface area contributed by atoms with Crippen LogP contribution < -0.4 is 11.2 Å². The van der Waals surface area contributed by atoms with Gasteiger partial charge in [-0.1, -0.05) is 47.0 Å². The third kappa shape index (κ3) is 9.05. The molecule has 0 amide bonds. The fourth-order valence-electron chi connectivity index (χ4n) is 4.69. The van der Waals surface area contributed by atoms with E-state index in [9.17, 15) is 38.3 Å². The summed E-state index contributed by atoms with van der Waals surface area (Å²) in [5.74, 6) is -4.48. The van der Waals surface area contributed by atoms with Gasteiger partial charge in [-0.3, -0.25) is 28.5 Å². The Labute approximate surface area is 249 Å². The number of ether oxygens (including phenoxy) is 4. The van der Waals surface area contributed by atoms with Gasteiger partial charge in [0.2, 0.25) is 11.4 Å². The Kier molecular flexibility index (Phi) is 14.2. The number of carbonyl (C=O) groups is 4. The molecular weight excluding hydrogens is 571 g/mol. The van der Waals surface area contributed by atoms with Crippen molar-refractivity contribution in [2.24, 2.45) is 0 Å². The fraction of sp³-hybridized carbons (Fsp3) is 0.724. The molecule has 0 spiro atoms. The van der Waals surface area contributed by atoms with Crippen molar-refractivity contribution in [2.75, 3.05) is 6.61 Å². The van der Waals surface area contributed by atoms with E-state index in [2.05, 4.69) is 0 Å². The van der Waals surface area contributed by atoms with Crippen molar-refractivity contribution in [3.63, 3.8) is 0 Å². The molecule has 1 N–H and O–H groups in total. The van der Waals surface area contributed by atoms with E-state index in [1.54, 1.807) is 20.8 Å². The van der Waals surface area contributed by atoms with Gasteiger partial charge in [-0.15, -0.1) is 0 Å². The summed E-state index contributed by atoms with van der Waals surface area (Å²) in [5.41, 5.74) is -5.41. The van der Waals surface area contributed by atoms with Crippen LogP contribution in [0.4, 0.5) is 4.39 Å². The van der Waals surface area contributed by atoms with Crippen LogP contribution in [-0.4, -0.2) is 62.3 Å². The van der Waals surface area contributed by atoms with Crippen LogP contribution in [0.25, 0.3) is 0 Å². The molecule has 0 saturated carbocycles. The maximum Gasteiger partial charge on any atom is 0.336 e. The smallest absolute Gasteiger partial charge is 0.336 e. The highest BCUT2D eigenvalue weighted by molar-refractivity contribution is 5.89. The molecule has 0 radical (unpaired) electrons. The van der Waals surface area contributed by atoms with Gasteiger partial charge in [0.15, 0.2) is 24.8 Å². The molecule has 0 aromatic carbocycles. The van der Waals surface area contributed by atoms with Gasteiger partial charge < -0.3 is 24.1 Å². The summed E-state index contributed by atoms with van der Waals surface area (Å²) >= 11 is 0. The Balaban J connectivity index is 2.55. The molecule has 242 valence electrons. The minimum absolute atomic E-state index is 0.0263. The normalized spacial score (nSPS) is 21.4. The zero-order valence-corrected chi connectivity index (χ0v) is 25.3. The molecule has 0 bridgehead atoms. The average molecular weight is 615 g/mol. The molecule has 13 nitrogen and oxygen atoms in total. The zero-order valence-electron chi connectivity index (χ0n) is 25.3. The molecule has 2 heterocycles. The summed E-state index contributed by atoms with van der Waals surface area (Å²) in [5, 5.41) is 11.9. The lowest BCUT2D eigenvalue weighted by Gasteiger charge is -2.32. The van der Waals surface area contributed by atoms with Gasteiger partial charge in [-0.05, 0) is 25.7 Å². The molecule has 1 fully saturated rings. The van der Waals surface area contributed by atoms with Crippen molar-refractivity contribution in [1.29, 1.82) is 0 Å². The van der Waals surface area contributed by atoms with Gasteiger partial charge >= 0.3 is 23.6 Å². The van der Waals surface area contributed by atoms with Crippen LogP contribution in [-0.2, 0) is 44.9 Å². The minimum Gasteiger partial charge on any atom is -0.463 e. The van der Waals surface area contributed by atoms with Crippen LogP contribution in [0.15, 0.2) is 15.8 Å². The van der Waals surface area contributed by atoms with E-state index in [0.29, 0.717) is 34.6 Å². The predicted molar refractivity (Wildman–Crippen MR) is 149 cm³/mol. The second kappa shape index (κ2) is 17.0. The average Bonchev–Trinajstić information content (AvgIpc) is 3.24. The summed E-state index contributed by atoms with van der Waals surface area (Å²) in [4.78, 5) is 76.2. The Morgan fingerprint density at radius 2 is 1.51 bits per heavy atom.